The first-order valence-corrected chi connectivity index (χ1v) is 9.41. The minimum Gasteiger partial charge on any atom is -0.493 e. The van der Waals surface area contributed by atoms with E-state index in [-0.39, 0.29) is 11.5 Å². The van der Waals surface area contributed by atoms with Crippen molar-refractivity contribution in [3.63, 3.8) is 0 Å². The lowest BCUT2D eigenvalue weighted by Gasteiger charge is -2.09. The molecule has 8 heteroatoms. The first-order valence-electron chi connectivity index (χ1n) is 8.15. The highest BCUT2D eigenvalue weighted by Gasteiger charge is 2.17. The largest absolute Gasteiger partial charge is 0.493 e. The first-order chi connectivity index (χ1) is 13.5. The molecule has 0 N–H and O–H groups in total. The van der Waals surface area contributed by atoms with Gasteiger partial charge in [0.25, 0.3) is 0 Å². The molecule has 0 saturated heterocycles. The van der Waals surface area contributed by atoms with Gasteiger partial charge in [0.2, 0.25) is 0 Å². The Bertz CT molecular complexity index is 1000. The number of benzene rings is 2. The minimum absolute atomic E-state index is 0.148. The van der Waals surface area contributed by atoms with E-state index < -0.39 is 12.6 Å². The molecule has 1 heterocycles. The molecule has 0 radical (unpaired) electrons. The molecule has 0 aliphatic rings. The standard InChI is InChI=1S/C20H16ClNO5S/c1-25-17-8-5-13(9-18(17)26-2)16(23)10-27-20(24)15-11-28-19(22-15)12-3-6-14(21)7-4-12/h3-9,11H,10H2,1-2H3. The van der Waals surface area contributed by atoms with Gasteiger partial charge in [-0.15, -0.1) is 11.3 Å². The van der Waals surface area contributed by atoms with Crippen molar-refractivity contribution < 1.29 is 23.8 Å². The van der Waals surface area contributed by atoms with Crippen molar-refractivity contribution in [1.82, 2.24) is 4.98 Å². The number of Topliss-reactive ketones (excluding diaryl/α,β-unsaturated/α-hetero) is 1. The molecular weight excluding hydrogens is 402 g/mol. The highest BCUT2D eigenvalue weighted by atomic mass is 35.5. The van der Waals surface area contributed by atoms with Crippen LogP contribution in [0.3, 0.4) is 0 Å². The van der Waals surface area contributed by atoms with Gasteiger partial charge in [-0.3, -0.25) is 4.79 Å². The zero-order valence-corrected chi connectivity index (χ0v) is 16.7. The molecule has 3 rings (SSSR count). The molecule has 0 fully saturated rings. The normalized spacial score (nSPS) is 10.4. The lowest BCUT2D eigenvalue weighted by atomic mass is 10.1. The fraction of sp³-hybridized carbons (Fsp3) is 0.150. The highest BCUT2D eigenvalue weighted by Crippen LogP contribution is 2.28. The van der Waals surface area contributed by atoms with Crippen LogP contribution in [0.25, 0.3) is 10.6 Å². The number of nitrogens with zero attached hydrogens (tertiary/aromatic N) is 1. The topological polar surface area (TPSA) is 74.7 Å². The lowest BCUT2D eigenvalue weighted by molar-refractivity contribution is 0.0470. The number of esters is 1. The van der Waals surface area contributed by atoms with E-state index in [0.717, 1.165) is 5.56 Å². The van der Waals surface area contributed by atoms with Gasteiger partial charge in [0.05, 0.1) is 14.2 Å². The van der Waals surface area contributed by atoms with Gasteiger partial charge in [0, 0.05) is 21.5 Å². The van der Waals surface area contributed by atoms with Gasteiger partial charge in [-0.25, -0.2) is 9.78 Å². The Morgan fingerprint density at radius 1 is 1.04 bits per heavy atom. The molecule has 144 valence electrons. The second-order valence-electron chi connectivity index (χ2n) is 5.61. The van der Waals surface area contributed by atoms with Gasteiger partial charge in [0.1, 0.15) is 5.01 Å². The number of hydrogen-bond acceptors (Lipinski definition) is 7. The van der Waals surface area contributed by atoms with Crippen molar-refractivity contribution in [2.24, 2.45) is 0 Å². The van der Waals surface area contributed by atoms with Gasteiger partial charge in [-0.05, 0) is 30.3 Å². The summed E-state index contributed by atoms with van der Waals surface area (Å²) in [6.07, 6.45) is 0. The lowest BCUT2D eigenvalue weighted by Crippen LogP contribution is -2.14. The number of carbonyl (C=O) groups excluding carboxylic acids is 2. The van der Waals surface area contributed by atoms with Crippen LogP contribution in [0.5, 0.6) is 11.5 Å². The summed E-state index contributed by atoms with van der Waals surface area (Å²) in [4.78, 5) is 28.8. The van der Waals surface area contributed by atoms with Crippen LogP contribution in [-0.4, -0.2) is 37.6 Å². The van der Waals surface area contributed by atoms with Crippen LogP contribution in [0, 0.1) is 0 Å². The predicted octanol–water partition coefficient (Wildman–Crippen LogP) is 4.52. The summed E-state index contributed by atoms with van der Waals surface area (Å²) in [5.41, 5.74) is 1.34. The van der Waals surface area contributed by atoms with Gasteiger partial charge in [0.15, 0.2) is 29.6 Å². The maximum Gasteiger partial charge on any atom is 0.358 e. The van der Waals surface area contributed by atoms with Gasteiger partial charge >= 0.3 is 5.97 Å². The molecule has 0 atom stereocenters. The van der Waals surface area contributed by atoms with E-state index in [9.17, 15) is 9.59 Å². The summed E-state index contributed by atoms with van der Waals surface area (Å²) in [5.74, 6) is -0.0900. The van der Waals surface area contributed by atoms with Crippen molar-refractivity contribution in [1.29, 1.82) is 0 Å². The second kappa shape index (κ2) is 8.86. The fourth-order valence-electron chi connectivity index (χ4n) is 2.39. The summed E-state index contributed by atoms with van der Waals surface area (Å²) in [6.45, 7) is -0.401. The molecule has 0 aliphatic carbocycles. The van der Waals surface area contributed by atoms with E-state index in [1.807, 2.05) is 12.1 Å². The van der Waals surface area contributed by atoms with E-state index in [0.29, 0.717) is 27.1 Å². The number of ether oxygens (including phenoxy) is 3. The maximum atomic E-state index is 12.3. The van der Waals surface area contributed by atoms with Crippen molar-refractivity contribution >= 4 is 34.7 Å². The number of thiazole rings is 1. The minimum atomic E-state index is -0.662. The predicted molar refractivity (Wildman–Crippen MR) is 107 cm³/mol. The molecule has 0 amide bonds. The average molecular weight is 418 g/mol. The molecule has 6 nitrogen and oxygen atoms in total. The van der Waals surface area contributed by atoms with Gasteiger partial charge in [-0.2, -0.15) is 0 Å². The third-order valence-corrected chi connectivity index (χ3v) is 4.99. The Morgan fingerprint density at radius 2 is 1.75 bits per heavy atom. The van der Waals surface area contributed by atoms with E-state index >= 15 is 0 Å². The summed E-state index contributed by atoms with van der Waals surface area (Å²) >= 11 is 7.18. The monoisotopic (exact) mass is 417 g/mol. The van der Waals surface area contributed by atoms with Crippen molar-refractivity contribution in [3.05, 3.63) is 64.1 Å². The van der Waals surface area contributed by atoms with Crippen LogP contribution in [0.4, 0.5) is 0 Å². The Hall–Kier alpha value is -2.90. The smallest absolute Gasteiger partial charge is 0.358 e. The van der Waals surface area contributed by atoms with Crippen LogP contribution in [-0.2, 0) is 4.74 Å². The maximum absolute atomic E-state index is 12.3. The Kier molecular flexibility index (Phi) is 6.28. The summed E-state index contributed by atoms with van der Waals surface area (Å²) in [7, 11) is 2.99. The highest BCUT2D eigenvalue weighted by molar-refractivity contribution is 7.13. The molecule has 3 aromatic rings. The SMILES string of the molecule is COc1ccc(C(=O)COC(=O)c2csc(-c3ccc(Cl)cc3)n2)cc1OC. The van der Waals surface area contributed by atoms with E-state index in [2.05, 4.69) is 4.98 Å². The Morgan fingerprint density at radius 3 is 2.43 bits per heavy atom. The molecule has 2 aromatic carbocycles. The number of carbonyl (C=O) groups is 2. The number of ketones is 1. The molecule has 0 aliphatic heterocycles. The van der Waals surface area contributed by atoms with Crippen molar-refractivity contribution in [2.75, 3.05) is 20.8 Å². The number of rotatable bonds is 7. The number of halogens is 1. The first kappa shape index (κ1) is 19.9. The second-order valence-corrected chi connectivity index (χ2v) is 6.91. The zero-order valence-electron chi connectivity index (χ0n) is 15.1. The number of methoxy groups -OCH3 is 2. The molecule has 0 spiro atoms. The number of hydrogen-bond donors (Lipinski definition) is 0. The Balaban J connectivity index is 1.64. The van der Waals surface area contributed by atoms with Crippen LogP contribution in [0.1, 0.15) is 20.8 Å². The molecule has 28 heavy (non-hydrogen) atoms. The van der Waals surface area contributed by atoms with Gasteiger partial charge < -0.3 is 14.2 Å². The average Bonchev–Trinajstić information content (AvgIpc) is 3.22. The van der Waals surface area contributed by atoms with Crippen LogP contribution < -0.4 is 9.47 Å². The van der Waals surface area contributed by atoms with E-state index in [1.165, 1.54) is 31.6 Å². The molecular formula is C20H16ClNO5S. The summed E-state index contributed by atoms with van der Waals surface area (Å²) in [5, 5.41) is 2.87. The molecule has 0 unspecified atom stereocenters. The molecule has 0 saturated carbocycles. The van der Waals surface area contributed by atoms with E-state index in [1.54, 1.807) is 29.6 Å². The quantitative estimate of drug-likeness (QED) is 0.415. The third-order valence-electron chi connectivity index (χ3n) is 3.84. The van der Waals surface area contributed by atoms with Gasteiger partial charge in [-0.1, -0.05) is 23.7 Å². The van der Waals surface area contributed by atoms with Crippen molar-refractivity contribution in [2.45, 2.75) is 0 Å². The van der Waals surface area contributed by atoms with E-state index in [4.69, 9.17) is 25.8 Å². The summed E-state index contributed by atoms with van der Waals surface area (Å²) < 4.78 is 15.4. The van der Waals surface area contributed by atoms with Crippen LogP contribution >= 0.6 is 22.9 Å². The number of aromatic nitrogens is 1. The van der Waals surface area contributed by atoms with Crippen molar-refractivity contribution in [3.8, 4) is 22.1 Å². The third kappa shape index (κ3) is 4.49. The van der Waals surface area contributed by atoms with Crippen LogP contribution in [0.2, 0.25) is 5.02 Å². The molecule has 1 aromatic heterocycles. The summed E-state index contributed by atoms with van der Waals surface area (Å²) in [6, 6.07) is 11.9. The fourth-order valence-corrected chi connectivity index (χ4v) is 3.31. The van der Waals surface area contributed by atoms with Crippen LogP contribution in [0.15, 0.2) is 47.8 Å². The molecule has 0 bridgehead atoms. The zero-order chi connectivity index (χ0) is 20.1. The Labute approximate surface area is 170 Å².